The third-order valence-electron chi connectivity index (χ3n) is 4.51. The Kier molecular flexibility index (Phi) is 4.74. The molecule has 3 aromatic rings. The predicted molar refractivity (Wildman–Crippen MR) is 99.5 cm³/mol. The number of imidazole rings is 1. The predicted octanol–water partition coefficient (Wildman–Crippen LogP) is 4.40. The SMILES string of the molecule is Cc1cc2nc(C)n(CCCCOc3ccccc3N)c2cc1C. The van der Waals surface area contributed by atoms with E-state index in [1.165, 1.54) is 16.6 Å². The van der Waals surface area contributed by atoms with Crippen molar-refractivity contribution in [3.8, 4) is 5.75 Å². The topological polar surface area (TPSA) is 53.1 Å². The van der Waals surface area contributed by atoms with Crippen LogP contribution < -0.4 is 10.5 Å². The van der Waals surface area contributed by atoms with Crippen molar-refractivity contribution in [2.24, 2.45) is 0 Å². The number of nitrogens with zero attached hydrogens (tertiary/aromatic N) is 2. The first-order valence-corrected chi connectivity index (χ1v) is 8.47. The van der Waals surface area contributed by atoms with Gasteiger partial charge in [0.2, 0.25) is 0 Å². The lowest BCUT2D eigenvalue weighted by molar-refractivity contribution is 0.305. The van der Waals surface area contributed by atoms with Gasteiger partial charge in [0.25, 0.3) is 0 Å². The van der Waals surface area contributed by atoms with Crippen LogP contribution in [0.15, 0.2) is 36.4 Å². The number of anilines is 1. The number of aryl methyl sites for hydroxylation is 4. The van der Waals surface area contributed by atoms with Crippen LogP contribution in [0.2, 0.25) is 0 Å². The molecule has 2 N–H and O–H groups in total. The Morgan fingerprint density at radius 2 is 1.79 bits per heavy atom. The number of nitrogens with two attached hydrogens (primary N) is 1. The summed E-state index contributed by atoms with van der Waals surface area (Å²) in [5.41, 5.74) is 11.5. The van der Waals surface area contributed by atoms with Crippen LogP contribution in [-0.2, 0) is 6.54 Å². The maximum absolute atomic E-state index is 5.88. The first-order valence-electron chi connectivity index (χ1n) is 8.47. The Labute approximate surface area is 143 Å². The molecule has 0 aliphatic rings. The lowest BCUT2D eigenvalue weighted by Gasteiger charge is -2.10. The zero-order chi connectivity index (χ0) is 17.1. The van der Waals surface area contributed by atoms with Crippen LogP contribution in [0.5, 0.6) is 5.75 Å². The second-order valence-electron chi connectivity index (χ2n) is 6.33. The first-order chi connectivity index (χ1) is 11.6. The van der Waals surface area contributed by atoms with E-state index in [-0.39, 0.29) is 0 Å². The molecule has 4 heteroatoms. The molecule has 126 valence electrons. The van der Waals surface area contributed by atoms with Crippen LogP contribution in [0.3, 0.4) is 0 Å². The number of hydrogen-bond donors (Lipinski definition) is 1. The van der Waals surface area contributed by atoms with Gasteiger partial charge < -0.3 is 15.0 Å². The summed E-state index contributed by atoms with van der Waals surface area (Å²) in [6.45, 7) is 8.00. The molecule has 4 nitrogen and oxygen atoms in total. The molecule has 1 aromatic heterocycles. The van der Waals surface area contributed by atoms with Crippen molar-refractivity contribution in [1.29, 1.82) is 0 Å². The number of fused-ring (bicyclic) bond motifs is 1. The Morgan fingerprint density at radius 3 is 2.58 bits per heavy atom. The molecule has 0 aliphatic carbocycles. The molecule has 0 saturated carbocycles. The quantitative estimate of drug-likeness (QED) is 0.540. The van der Waals surface area contributed by atoms with Gasteiger partial charge >= 0.3 is 0 Å². The van der Waals surface area contributed by atoms with Crippen molar-refractivity contribution in [3.05, 3.63) is 53.3 Å². The molecule has 0 radical (unpaired) electrons. The van der Waals surface area contributed by atoms with Crippen LogP contribution in [0.25, 0.3) is 11.0 Å². The third kappa shape index (κ3) is 3.37. The van der Waals surface area contributed by atoms with Crippen molar-refractivity contribution in [2.45, 2.75) is 40.2 Å². The fraction of sp³-hybridized carbons (Fsp3) is 0.350. The van der Waals surface area contributed by atoms with E-state index >= 15 is 0 Å². The van der Waals surface area contributed by atoms with Gasteiger partial charge in [-0.25, -0.2) is 4.98 Å². The fourth-order valence-electron chi connectivity index (χ4n) is 2.95. The van der Waals surface area contributed by atoms with Crippen LogP contribution in [-0.4, -0.2) is 16.2 Å². The molecular weight excluding hydrogens is 298 g/mol. The van der Waals surface area contributed by atoms with Crippen molar-refractivity contribution in [3.63, 3.8) is 0 Å². The Hall–Kier alpha value is -2.49. The molecular formula is C20H25N3O. The van der Waals surface area contributed by atoms with E-state index in [9.17, 15) is 0 Å². The molecule has 0 unspecified atom stereocenters. The molecule has 1 heterocycles. The zero-order valence-electron chi connectivity index (χ0n) is 14.7. The first kappa shape index (κ1) is 16.4. The minimum absolute atomic E-state index is 0.679. The summed E-state index contributed by atoms with van der Waals surface area (Å²) in [4.78, 5) is 4.69. The molecule has 0 amide bonds. The molecule has 0 bridgehead atoms. The highest BCUT2D eigenvalue weighted by Crippen LogP contribution is 2.22. The summed E-state index contributed by atoms with van der Waals surface area (Å²) >= 11 is 0. The molecule has 0 fully saturated rings. The van der Waals surface area contributed by atoms with Crippen LogP contribution >= 0.6 is 0 Å². The van der Waals surface area contributed by atoms with Crippen LogP contribution in [0, 0.1) is 20.8 Å². The monoisotopic (exact) mass is 323 g/mol. The van der Waals surface area contributed by atoms with E-state index in [1.807, 2.05) is 24.3 Å². The number of para-hydroxylation sites is 2. The van der Waals surface area contributed by atoms with E-state index in [0.717, 1.165) is 36.5 Å². The number of nitrogen functional groups attached to an aromatic ring is 1. The molecule has 0 atom stereocenters. The number of unbranched alkanes of at least 4 members (excludes halogenated alkanes) is 1. The standard InChI is InChI=1S/C20H25N3O/c1-14-12-18-19(13-15(14)2)23(16(3)22-18)10-6-7-11-24-20-9-5-4-8-17(20)21/h4-5,8-9,12-13H,6-7,10-11,21H2,1-3H3. The van der Waals surface area contributed by atoms with Gasteiger partial charge in [-0.05, 0) is 69.0 Å². The van der Waals surface area contributed by atoms with Crippen LogP contribution in [0.4, 0.5) is 5.69 Å². The van der Waals surface area contributed by atoms with Crippen molar-refractivity contribution in [2.75, 3.05) is 12.3 Å². The van der Waals surface area contributed by atoms with Crippen molar-refractivity contribution in [1.82, 2.24) is 9.55 Å². The van der Waals surface area contributed by atoms with Crippen molar-refractivity contribution < 1.29 is 4.74 Å². The summed E-state index contributed by atoms with van der Waals surface area (Å²) < 4.78 is 8.06. The van der Waals surface area contributed by atoms with Gasteiger partial charge in [0.05, 0.1) is 23.3 Å². The number of ether oxygens (including phenoxy) is 1. The van der Waals surface area contributed by atoms with Gasteiger partial charge in [0, 0.05) is 6.54 Å². The van der Waals surface area contributed by atoms with Gasteiger partial charge in [0.15, 0.2) is 0 Å². The average molecular weight is 323 g/mol. The number of rotatable bonds is 6. The second-order valence-corrected chi connectivity index (χ2v) is 6.33. The van der Waals surface area contributed by atoms with Gasteiger partial charge in [0.1, 0.15) is 11.6 Å². The Morgan fingerprint density at radius 1 is 1.04 bits per heavy atom. The molecule has 0 spiro atoms. The summed E-state index contributed by atoms with van der Waals surface area (Å²) in [6, 6.07) is 12.0. The van der Waals surface area contributed by atoms with E-state index in [1.54, 1.807) is 0 Å². The largest absolute Gasteiger partial charge is 0.491 e. The average Bonchev–Trinajstić information content (AvgIpc) is 2.84. The minimum atomic E-state index is 0.679. The van der Waals surface area contributed by atoms with Gasteiger partial charge in [-0.2, -0.15) is 0 Å². The second kappa shape index (κ2) is 6.95. The van der Waals surface area contributed by atoms with E-state index < -0.39 is 0 Å². The summed E-state index contributed by atoms with van der Waals surface area (Å²) in [5.74, 6) is 1.84. The normalized spacial score (nSPS) is 11.1. The maximum Gasteiger partial charge on any atom is 0.142 e. The van der Waals surface area contributed by atoms with E-state index in [2.05, 4.69) is 42.5 Å². The summed E-state index contributed by atoms with van der Waals surface area (Å²) in [7, 11) is 0. The third-order valence-corrected chi connectivity index (χ3v) is 4.51. The van der Waals surface area contributed by atoms with Gasteiger partial charge in [-0.3, -0.25) is 0 Å². The highest BCUT2D eigenvalue weighted by atomic mass is 16.5. The molecule has 0 aliphatic heterocycles. The molecule has 0 saturated heterocycles. The molecule has 2 aromatic carbocycles. The number of benzene rings is 2. The highest BCUT2D eigenvalue weighted by Gasteiger charge is 2.09. The lowest BCUT2D eigenvalue weighted by Crippen LogP contribution is -2.04. The minimum Gasteiger partial charge on any atom is -0.491 e. The maximum atomic E-state index is 5.88. The van der Waals surface area contributed by atoms with E-state index in [0.29, 0.717) is 12.3 Å². The van der Waals surface area contributed by atoms with Gasteiger partial charge in [-0.1, -0.05) is 12.1 Å². The highest BCUT2D eigenvalue weighted by molar-refractivity contribution is 5.78. The number of aromatic nitrogens is 2. The smallest absolute Gasteiger partial charge is 0.142 e. The Balaban J connectivity index is 1.59. The van der Waals surface area contributed by atoms with Gasteiger partial charge in [-0.15, -0.1) is 0 Å². The summed E-state index contributed by atoms with van der Waals surface area (Å²) in [5, 5.41) is 0. The number of hydrogen-bond acceptors (Lipinski definition) is 3. The van der Waals surface area contributed by atoms with Crippen LogP contribution in [0.1, 0.15) is 29.8 Å². The zero-order valence-corrected chi connectivity index (χ0v) is 14.7. The van der Waals surface area contributed by atoms with Crippen molar-refractivity contribution >= 4 is 16.7 Å². The molecule has 3 rings (SSSR count). The van der Waals surface area contributed by atoms with E-state index in [4.69, 9.17) is 10.5 Å². The summed E-state index contributed by atoms with van der Waals surface area (Å²) in [6.07, 6.45) is 2.03. The lowest BCUT2D eigenvalue weighted by atomic mass is 10.1. The Bertz CT molecular complexity index is 851. The fourth-order valence-corrected chi connectivity index (χ4v) is 2.95. The molecule has 24 heavy (non-hydrogen) atoms.